The fourth-order valence-corrected chi connectivity index (χ4v) is 4.59. The zero-order valence-corrected chi connectivity index (χ0v) is 18.0. The highest BCUT2D eigenvalue weighted by atomic mass is 35.5. The van der Waals surface area contributed by atoms with E-state index in [9.17, 15) is 22.0 Å². The minimum Gasteiger partial charge on any atom is -0.305 e. The van der Waals surface area contributed by atoms with Crippen LogP contribution in [-0.4, -0.2) is 36.5 Å². The number of amides is 1. The van der Waals surface area contributed by atoms with Crippen LogP contribution in [0.15, 0.2) is 53.7 Å². The summed E-state index contributed by atoms with van der Waals surface area (Å²) in [4.78, 5) is 22.5. The van der Waals surface area contributed by atoms with Crippen LogP contribution >= 0.6 is 11.6 Å². The van der Waals surface area contributed by atoms with Crippen molar-refractivity contribution in [3.63, 3.8) is 0 Å². The topological polar surface area (TPSA) is 80.2 Å². The van der Waals surface area contributed by atoms with E-state index in [0.29, 0.717) is 16.2 Å². The molecule has 0 saturated heterocycles. The summed E-state index contributed by atoms with van der Waals surface area (Å²) in [5, 5.41) is 0.861. The standard InChI is InChI=1S/C21H18ClF2N3O3S/c1-31(29,30)19-17(3-2-8-25-19)27(20(28)15-10-21(23,24)11-15)12-13-4-5-14-6-7-18(22)26-16(14)9-13/h2-9,15H,10-12H2,1H3. The Morgan fingerprint density at radius 2 is 1.94 bits per heavy atom. The maximum atomic E-state index is 13.4. The van der Waals surface area contributed by atoms with E-state index >= 15 is 0 Å². The third-order valence-corrected chi connectivity index (χ3v) is 6.39. The molecule has 2 heterocycles. The second kappa shape index (κ2) is 7.80. The molecule has 0 spiro atoms. The van der Waals surface area contributed by atoms with Gasteiger partial charge in [-0.3, -0.25) is 4.79 Å². The van der Waals surface area contributed by atoms with Gasteiger partial charge in [0.05, 0.1) is 17.7 Å². The molecular formula is C21H18ClF2N3O3S. The van der Waals surface area contributed by atoms with Crippen LogP contribution in [0.3, 0.4) is 0 Å². The van der Waals surface area contributed by atoms with Crippen LogP contribution in [0.1, 0.15) is 18.4 Å². The molecule has 2 aromatic heterocycles. The highest BCUT2D eigenvalue weighted by Gasteiger charge is 2.50. The van der Waals surface area contributed by atoms with Gasteiger partial charge in [0.1, 0.15) is 5.15 Å². The lowest BCUT2D eigenvalue weighted by atomic mass is 9.80. The summed E-state index contributed by atoms with van der Waals surface area (Å²) in [6, 6.07) is 11.7. The molecule has 31 heavy (non-hydrogen) atoms. The quantitative estimate of drug-likeness (QED) is 0.526. The van der Waals surface area contributed by atoms with Gasteiger partial charge in [-0.15, -0.1) is 0 Å². The summed E-state index contributed by atoms with van der Waals surface area (Å²) in [5.74, 6) is -4.34. The summed E-state index contributed by atoms with van der Waals surface area (Å²) in [5.41, 5.74) is 1.30. The van der Waals surface area contributed by atoms with Crippen molar-refractivity contribution in [1.82, 2.24) is 9.97 Å². The first-order valence-electron chi connectivity index (χ1n) is 9.43. The first kappa shape index (κ1) is 21.6. The Morgan fingerprint density at radius 1 is 1.23 bits per heavy atom. The molecule has 4 rings (SSSR count). The Kier molecular flexibility index (Phi) is 5.43. The van der Waals surface area contributed by atoms with Gasteiger partial charge in [-0.1, -0.05) is 23.7 Å². The molecule has 0 radical (unpaired) electrons. The predicted molar refractivity (Wildman–Crippen MR) is 113 cm³/mol. The Balaban J connectivity index is 1.76. The van der Waals surface area contributed by atoms with Crippen LogP contribution in [0.4, 0.5) is 14.5 Å². The number of aromatic nitrogens is 2. The van der Waals surface area contributed by atoms with Gasteiger partial charge < -0.3 is 4.90 Å². The Bertz CT molecular complexity index is 1280. The molecular weight excluding hydrogens is 448 g/mol. The lowest BCUT2D eigenvalue weighted by molar-refractivity contribution is -0.147. The number of sulfone groups is 1. The van der Waals surface area contributed by atoms with Crippen LogP contribution in [-0.2, 0) is 21.2 Å². The fourth-order valence-electron chi connectivity index (χ4n) is 3.63. The normalized spacial score (nSPS) is 16.1. The van der Waals surface area contributed by atoms with E-state index in [1.54, 1.807) is 30.3 Å². The number of benzene rings is 1. The molecule has 1 aromatic carbocycles. The molecule has 1 saturated carbocycles. The second-order valence-electron chi connectivity index (χ2n) is 7.65. The molecule has 0 unspecified atom stereocenters. The molecule has 0 aliphatic heterocycles. The van der Waals surface area contributed by atoms with Gasteiger partial charge in [0.2, 0.25) is 11.8 Å². The van der Waals surface area contributed by atoms with Gasteiger partial charge in [-0.2, -0.15) is 0 Å². The second-order valence-corrected chi connectivity index (χ2v) is 9.96. The third kappa shape index (κ3) is 4.52. The molecule has 6 nitrogen and oxygen atoms in total. The van der Waals surface area contributed by atoms with Gasteiger partial charge in [-0.05, 0) is 35.9 Å². The zero-order chi connectivity index (χ0) is 22.4. The van der Waals surface area contributed by atoms with Gasteiger partial charge in [-0.25, -0.2) is 27.2 Å². The van der Waals surface area contributed by atoms with E-state index in [0.717, 1.165) is 11.6 Å². The molecule has 0 bridgehead atoms. The van der Waals surface area contributed by atoms with Gasteiger partial charge in [0.25, 0.3) is 0 Å². The third-order valence-electron chi connectivity index (χ3n) is 5.16. The van der Waals surface area contributed by atoms with Crippen molar-refractivity contribution < 1.29 is 22.0 Å². The summed E-state index contributed by atoms with van der Waals surface area (Å²) < 4.78 is 51.4. The van der Waals surface area contributed by atoms with Crippen molar-refractivity contribution in [3.05, 3.63) is 59.4 Å². The Hall–Kier alpha value is -2.65. The number of nitrogens with zero attached hydrogens (tertiary/aromatic N) is 3. The smallest absolute Gasteiger partial charge is 0.249 e. The summed E-state index contributed by atoms with van der Waals surface area (Å²) in [7, 11) is -3.76. The van der Waals surface area contributed by atoms with Gasteiger partial charge >= 0.3 is 0 Å². The number of carbonyl (C=O) groups is 1. The monoisotopic (exact) mass is 465 g/mol. The molecule has 10 heteroatoms. The molecule has 1 fully saturated rings. The molecule has 1 aliphatic carbocycles. The number of anilines is 1. The van der Waals surface area contributed by atoms with Crippen molar-refractivity contribution >= 4 is 43.9 Å². The molecule has 1 aliphatic rings. The molecule has 162 valence electrons. The summed E-state index contributed by atoms with van der Waals surface area (Å²) >= 11 is 5.97. The first-order chi connectivity index (χ1) is 14.5. The average Bonchev–Trinajstić information content (AvgIpc) is 2.68. The van der Waals surface area contributed by atoms with E-state index < -0.39 is 40.4 Å². The summed E-state index contributed by atoms with van der Waals surface area (Å²) in [6.45, 7) is -0.0285. The molecule has 3 aromatic rings. The van der Waals surface area contributed by atoms with Crippen LogP contribution in [0.25, 0.3) is 10.9 Å². The van der Waals surface area contributed by atoms with E-state index in [4.69, 9.17) is 11.6 Å². The molecule has 0 N–H and O–H groups in total. The maximum Gasteiger partial charge on any atom is 0.249 e. The number of halogens is 3. The number of carbonyl (C=O) groups excluding carboxylic acids is 1. The first-order valence-corrected chi connectivity index (χ1v) is 11.7. The maximum absolute atomic E-state index is 13.4. The largest absolute Gasteiger partial charge is 0.305 e. The lowest BCUT2D eigenvalue weighted by Gasteiger charge is -2.37. The fraction of sp³-hybridized carbons (Fsp3) is 0.286. The van der Waals surface area contributed by atoms with E-state index in [1.807, 2.05) is 0 Å². The van der Waals surface area contributed by atoms with Gasteiger partial charge in [0, 0.05) is 36.6 Å². The van der Waals surface area contributed by atoms with Gasteiger partial charge in [0.15, 0.2) is 14.9 Å². The number of alkyl halides is 2. The van der Waals surface area contributed by atoms with E-state index in [-0.39, 0.29) is 17.3 Å². The average molecular weight is 466 g/mol. The van der Waals surface area contributed by atoms with Crippen LogP contribution < -0.4 is 4.90 Å². The van der Waals surface area contributed by atoms with Crippen molar-refractivity contribution in [3.8, 4) is 0 Å². The number of rotatable bonds is 5. The van der Waals surface area contributed by atoms with Crippen LogP contribution in [0, 0.1) is 5.92 Å². The highest BCUT2D eigenvalue weighted by molar-refractivity contribution is 7.90. The van der Waals surface area contributed by atoms with Crippen LogP contribution in [0.5, 0.6) is 0 Å². The molecule has 1 amide bonds. The number of hydrogen-bond acceptors (Lipinski definition) is 5. The Labute approximate surface area is 182 Å². The molecule has 0 atom stereocenters. The van der Waals surface area contributed by atoms with Crippen molar-refractivity contribution in [2.75, 3.05) is 11.2 Å². The van der Waals surface area contributed by atoms with Crippen molar-refractivity contribution in [2.45, 2.75) is 30.3 Å². The SMILES string of the molecule is CS(=O)(=O)c1ncccc1N(Cc1ccc2ccc(Cl)nc2c1)C(=O)C1CC(F)(F)C1. The van der Waals surface area contributed by atoms with Crippen molar-refractivity contribution in [2.24, 2.45) is 5.92 Å². The minimum atomic E-state index is -3.76. The van der Waals surface area contributed by atoms with Crippen molar-refractivity contribution in [1.29, 1.82) is 0 Å². The minimum absolute atomic E-state index is 0.0285. The van der Waals surface area contributed by atoms with E-state index in [2.05, 4.69) is 9.97 Å². The lowest BCUT2D eigenvalue weighted by Crippen LogP contribution is -2.47. The zero-order valence-electron chi connectivity index (χ0n) is 16.4. The Morgan fingerprint density at radius 3 is 2.61 bits per heavy atom. The number of fused-ring (bicyclic) bond motifs is 1. The summed E-state index contributed by atoms with van der Waals surface area (Å²) in [6.07, 6.45) is 1.17. The van der Waals surface area contributed by atoms with E-state index in [1.165, 1.54) is 23.2 Å². The van der Waals surface area contributed by atoms with Crippen LogP contribution in [0.2, 0.25) is 5.15 Å². The highest BCUT2D eigenvalue weighted by Crippen LogP contribution is 2.44. The number of hydrogen-bond donors (Lipinski definition) is 0. The number of pyridine rings is 2. The predicted octanol–water partition coefficient (Wildman–Crippen LogP) is 4.27.